The van der Waals surface area contributed by atoms with Crippen LogP contribution in [-0.2, 0) is 14.8 Å². The fraction of sp³-hybridized carbons (Fsp3) is 0.545. The molecule has 0 saturated carbocycles. The van der Waals surface area contributed by atoms with E-state index >= 15 is 0 Å². The molecule has 1 aromatic rings. The third kappa shape index (κ3) is 4.08. The van der Waals surface area contributed by atoms with Crippen molar-refractivity contribution in [2.75, 3.05) is 12.8 Å². The van der Waals surface area contributed by atoms with Gasteiger partial charge < -0.3 is 5.11 Å². The van der Waals surface area contributed by atoms with Crippen LogP contribution in [0.1, 0.15) is 30.7 Å². The van der Waals surface area contributed by atoms with E-state index in [9.17, 15) is 13.2 Å². The van der Waals surface area contributed by atoms with Crippen molar-refractivity contribution in [2.45, 2.75) is 25.8 Å². The first-order chi connectivity index (χ1) is 8.34. The standard InChI is InChI=1S/C11H17NO4S2/c1-9(10-5-3-7-17-10)12(2)18(15,16)8-4-6-11(13)14/h3,5,7,9H,4,6,8H2,1-2H3,(H,13,14). The average molecular weight is 291 g/mol. The Morgan fingerprint density at radius 1 is 1.56 bits per heavy atom. The molecule has 0 aliphatic carbocycles. The van der Waals surface area contributed by atoms with Gasteiger partial charge in [0.05, 0.1) is 11.8 Å². The van der Waals surface area contributed by atoms with Crippen LogP contribution in [0.3, 0.4) is 0 Å². The molecule has 0 saturated heterocycles. The molecule has 0 amide bonds. The Hall–Kier alpha value is -0.920. The van der Waals surface area contributed by atoms with Gasteiger partial charge in [-0.1, -0.05) is 6.07 Å². The van der Waals surface area contributed by atoms with Crippen LogP contribution in [0, 0.1) is 0 Å². The molecule has 1 aromatic heterocycles. The van der Waals surface area contributed by atoms with E-state index in [1.807, 2.05) is 24.4 Å². The summed E-state index contributed by atoms with van der Waals surface area (Å²) in [5, 5.41) is 10.4. The summed E-state index contributed by atoms with van der Waals surface area (Å²) in [7, 11) is -1.88. The largest absolute Gasteiger partial charge is 0.481 e. The van der Waals surface area contributed by atoms with Crippen molar-refractivity contribution in [3.8, 4) is 0 Å². The molecule has 5 nitrogen and oxygen atoms in total. The van der Waals surface area contributed by atoms with Gasteiger partial charge in [-0.15, -0.1) is 11.3 Å². The Balaban J connectivity index is 2.64. The third-order valence-electron chi connectivity index (χ3n) is 2.73. The number of sulfonamides is 1. The molecule has 102 valence electrons. The quantitative estimate of drug-likeness (QED) is 0.833. The Bertz CT molecular complexity index is 481. The summed E-state index contributed by atoms with van der Waals surface area (Å²) in [5.41, 5.74) is 0. The number of carboxylic acids is 1. The van der Waals surface area contributed by atoms with Crippen molar-refractivity contribution in [3.05, 3.63) is 22.4 Å². The second kappa shape index (κ2) is 6.31. The highest BCUT2D eigenvalue weighted by Crippen LogP contribution is 2.25. The van der Waals surface area contributed by atoms with Crippen LogP contribution in [0.15, 0.2) is 17.5 Å². The molecule has 1 heterocycles. The van der Waals surface area contributed by atoms with Crippen molar-refractivity contribution in [3.63, 3.8) is 0 Å². The van der Waals surface area contributed by atoms with Gasteiger partial charge in [0.25, 0.3) is 0 Å². The Morgan fingerprint density at radius 3 is 2.72 bits per heavy atom. The topological polar surface area (TPSA) is 74.7 Å². The summed E-state index contributed by atoms with van der Waals surface area (Å²) < 4.78 is 25.3. The lowest BCUT2D eigenvalue weighted by Crippen LogP contribution is -2.31. The highest BCUT2D eigenvalue weighted by Gasteiger charge is 2.24. The molecular weight excluding hydrogens is 274 g/mol. The summed E-state index contributed by atoms with van der Waals surface area (Å²) in [6.45, 7) is 1.82. The van der Waals surface area contributed by atoms with Gasteiger partial charge in [-0.2, -0.15) is 4.31 Å². The van der Waals surface area contributed by atoms with Gasteiger partial charge in [0.1, 0.15) is 0 Å². The van der Waals surface area contributed by atoms with Crippen molar-refractivity contribution in [2.24, 2.45) is 0 Å². The fourth-order valence-electron chi connectivity index (χ4n) is 1.50. The maximum Gasteiger partial charge on any atom is 0.303 e. The van der Waals surface area contributed by atoms with Crippen molar-refractivity contribution in [1.82, 2.24) is 4.31 Å². The van der Waals surface area contributed by atoms with E-state index in [0.29, 0.717) is 0 Å². The molecule has 1 N–H and O–H groups in total. The maximum absolute atomic E-state index is 12.0. The monoisotopic (exact) mass is 291 g/mol. The number of rotatable bonds is 7. The fourth-order valence-corrected chi connectivity index (χ4v) is 3.78. The number of hydrogen-bond acceptors (Lipinski definition) is 4. The van der Waals surface area contributed by atoms with Crippen LogP contribution in [0.4, 0.5) is 0 Å². The zero-order chi connectivity index (χ0) is 13.8. The highest BCUT2D eigenvalue weighted by atomic mass is 32.2. The molecular formula is C11H17NO4S2. The predicted molar refractivity (Wildman–Crippen MR) is 71.2 cm³/mol. The smallest absolute Gasteiger partial charge is 0.303 e. The predicted octanol–water partition coefficient (Wildman–Crippen LogP) is 1.94. The molecule has 1 atom stereocenters. The first-order valence-electron chi connectivity index (χ1n) is 5.55. The lowest BCUT2D eigenvalue weighted by molar-refractivity contribution is -0.137. The molecule has 7 heteroatoms. The molecule has 0 bridgehead atoms. The maximum atomic E-state index is 12.0. The SMILES string of the molecule is CC(c1cccs1)N(C)S(=O)(=O)CCCC(=O)O. The van der Waals surface area contributed by atoms with E-state index in [2.05, 4.69) is 0 Å². The van der Waals surface area contributed by atoms with Gasteiger partial charge in [-0.05, 0) is 24.8 Å². The number of carbonyl (C=O) groups is 1. The number of carboxylic acid groups (broad SMARTS) is 1. The average Bonchev–Trinajstić information content (AvgIpc) is 2.79. The zero-order valence-corrected chi connectivity index (χ0v) is 12.0. The van der Waals surface area contributed by atoms with Gasteiger partial charge in [0.2, 0.25) is 10.0 Å². The lowest BCUT2D eigenvalue weighted by Gasteiger charge is -2.23. The molecule has 0 fully saturated rings. The number of thiophene rings is 1. The minimum atomic E-state index is -3.40. The summed E-state index contributed by atoms with van der Waals surface area (Å²) in [5.74, 6) is -1.11. The summed E-state index contributed by atoms with van der Waals surface area (Å²) in [6, 6.07) is 3.54. The molecule has 0 aromatic carbocycles. The van der Waals surface area contributed by atoms with Crippen LogP contribution < -0.4 is 0 Å². The molecule has 1 unspecified atom stereocenters. The summed E-state index contributed by atoms with van der Waals surface area (Å²) >= 11 is 1.50. The second-order valence-corrected chi connectivity index (χ2v) is 7.15. The van der Waals surface area contributed by atoms with Gasteiger partial charge in [-0.25, -0.2) is 8.42 Å². The van der Waals surface area contributed by atoms with Crippen molar-refractivity contribution in [1.29, 1.82) is 0 Å². The van der Waals surface area contributed by atoms with E-state index < -0.39 is 16.0 Å². The molecule has 18 heavy (non-hydrogen) atoms. The lowest BCUT2D eigenvalue weighted by atomic mass is 10.3. The molecule has 0 radical (unpaired) electrons. The minimum Gasteiger partial charge on any atom is -0.481 e. The van der Waals surface area contributed by atoms with Gasteiger partial charge in [0, 0.05) is 18.3 Å². The van der Waals surface area contributed by atoms with Crippen LogP contribution >= 0.6 is 11.3 Å². The van der Waals surface area contributed by atoms with E-state index in [1.165, 1.54) is 22.7 Å². The Morgan fingerprint density at radius 2 is 2.22 bits per heavy atom. The molecule has 1 rings (SSSR count). The van der Waals surface area contributed by atoms with E-state index in [1.54, 1.807) is 0 Å². The van der Waals surface area contributed by atoms with Gasteiger partial charge in [-0.3, -0.25) is 4.79 Å². The summed E-state index contributed by atoms with van der Waals surface area (Å²) in [4.78, 5) is 11.3. The van der Waals surface area contributed by atoms with E-state index in [0.717, 1.165) is 4.88 Å². The van der Waals surface area contributed by atoms with Crippen LogP contribution in [0.2, 0.25) is 0 Å². The normalized spacial score (nSPS) is 13.7. The van der Waals surface area contributed by atoms with Crippen molar-refractivity contribution < 1.29 is 18.3 Å². The Kier molecular flexibility index (Phi) is 5.30. The van der Waals surface area contributed by atoms with Crippen LogP contribution in [-0.4, -0.2) is 36.6 Å². The summed E-state index contributed by atoms with van der Waals surface area (Å²) in [6.07, 6.45) is 0.0135. The van der Waals surface area contributed by atoms with Crippen LogP contribution in [0.25, 0.3) is 0 Å². The first-order valence-corrected chi connectivity index (χ1v) is 8.04. The van der Waals surface area contributed by atoms with Gasteiger partial charge in [0.15, 0.2) is 0 Å². The van der Waals surface area contributed by atoms with E-state index in [-0.39, 0.29) is 24.6 Å². The van der Waals surface area contributed by atoms with E-state index in [4.69, 9.17) is 5.11 Å². The number of nitrogens with zero attached hydrogens (tertiary/aromatic N) is 1. The number of aliphatic carboxylic acids is 1. The minimum absolute atomic E-state index is 0.125. The first kappa shape index (κ1) is 15.1. The van der Waals surface area contributed by atoms with Crippen LogP contribution in [0.5, 0.6) is 0 Å². The highest BCUT2D eigenvalue weighted by molar-refractivity contribution is 7.89. The zero-order valence-electron chi connectivity index (χ0n) is 10.4. The Labute approximate surface area is 111 Å². The van der Waals surface area contributed by atoms with Gasteiger partial charge >= 0.3 is 5.97 Å². The number of hydrogen-bond donors (Lipinski definition) is 1. The third-order valence-corrected chi connectivity index (χ3v) is 5.77. The molecule has 0 aliphatic rings. The van der Waals surface area contributed by atoms with Crippen molar-refractivity contribution >= 4 is 27.3 Å². The molecule has 0 aliphatic heterocycles. The second-order valence-electron chi connectivity index (χ2n) is 4.02. The molecule has 0 spiro atoms.